The van der Waals surface area contributed by atoms with Crippen molar-refractivity contribution in [2.24, 2.45) is 0 Å². The van der Waals surface area contributed by atoms with E-state index >= 15 is 0 Å². The van der Waals surface area contributed by atoms with E-state index in [2.05, 4.69) is 12.1 Å². The number of aryl methyl sites for hydroxylation is 1. The summed E-state index contributed by atoms with van der Waals surface area (Å²) in [5.74, 6) is 0. The first kappa shape index (κ1) is 17.9. The van der Waals surface area contributed by atoms with E-state index in [0.29, 0.717) is 19.5 Å². The minimum absolute atomic E-state index is 0.102. The quantitative estimate of drug-likeness (QED) is 0.431. The van der Waals surface area contributed by atoms with Crippen molar-refractivity contribution < 1.29 is 13.3 Å². The third-order valence-electron chi connectivity index (χ3n) is 4.49. The second kappa shape index (κ2) is 7.88. The monoisotopic (exact) mass is 340 g/mol. The highest BCUT2D eigenvalue weighted by Crippen LogP contribution is 2.23. The zero-order valence-electron chi connectivity index (χ0n) is 13.4. The highest BCUT2D eigenvalue weighted by atomic mass is 32.2. The lowest BCUT2D eigenvalue weighted by atomic mass is 10.1. The summed E-state index contributed by atoms with van der Waals surface area (Å²) in [6.07, 6.45) is 3.70. The summed E-state index contributed by atoms with van der Waals surface area (Å²) in [5, 5.41) is 10.7. The van der Waals surface area contributed by atoms with Crippen LogP contribution in [-0.4, -0.2) is 49.0 Å². The Kier molecular flexibility index (Phi) is 6.12. The Balaban J connectivity index is 1.83. The SMILES string of the molecule is CS(=O)(=O)C1CCN(CCCCc2ccccc2)C([N+](=O)[O-])C1. The standard InChI is InChI=1S/C16H24N2O4S/c1-23(21,22)15-10-12-17(16(13-15)18(19)20)11-6-5-9-14-7-3-2-4-8-14/h2-4,7-8,15-16H,5-6,9-13H2,1H3. The van der Waals surface area contributed by atoms with Gasteiger partial charge >= 0.3 is 0 Å². The van der Waals surface area contributed by atoms with E-state index < -0.39 is 21.3 Å². The lowest BCUT2D eigenvalue weighted by molar-refractivity contribution is -0.554. The van der Waals surface area contributed by atoms with Gasteiger partial charge in [-0.2, -0.15) is 0 Å². The molecule has 23 heavy (non-hydrogen) atoms. The van der Waals surface area contributed by atoms with E-state index in [1.807, 2.05) is 23.1 Å². The molecule has 0 radical (unpaired) electrons. The number of nitrogens with zero attached hydrogens (tertiary/aromatic N) is 2. The van der Waals surface area contributed by atoms with Crippen molar-refractivity contribution >= 4 is 9.84 Å². The molecule has 1 aromatic carbocycles. The molecule has 0 bridgehead atoms. The molecule has 0 aliphatic carbocycles. The average Bonchev–Trinajstić information content (AvgIpc) is 2.51. The number of likely N-dealkylation sites (tertiary alicyclic amines) is 1. The normalized spacial score (nSPS) is 22.8. The van der Waals surface area contributed by atoms with E-state index in [1.54, 1.807) is 0 Å². The molecule has 1 aromatic rings. The van der Waals surface area contributed by atoms with Crippen LogP contribution in [0.2, 0.25) is 0 Å². The lowest BCUT2D eigenvalue weighted by Crippen LogP contribution is -2.50. The first-order chi connectivity index (χ1) is 10.9. The number of rotatable bonds is 7. The summed E-state index contributed by atoms with van der Waals surface area (Å²) >= 11 is 0. The Morgan fingerprint density at radius 1 is 1.26 bits per heavy atom. The Morgan fingerprint density at radius 3 is 2.57 bits per heavy atom. The van der Waals surface area contributed by atoms with E-state index in [1.165, 1.54) is 11.8 Å². The zero-order chi connectivity index (χ0) is 16.9. The van der Waals surface area contributed by atoms with Crippen LogP contribution in [0.1, 0.15) is 31.2 Å². The fourth-order valence-corrected chi connectivity index (χ4v) is 4.17. The zero-order valence-corrected chi connectivity index (χ0v) is 14.2. The maximum atomic E-state index is 11.6. The molecule has 2 atom stereocenters. The maximum Gasteiger partial charge on any atom is 0.269 e. The van der Waals surface area contributed by atoms with Gasteiger partial charge in [0.15, 0.2) is 9.84 Å². The van der Waals surface area contributed by atoms with Crippen LogP contribution < -0.4 is 0 Å². The van der Waals surface area contributed by atoms with Crippen LogP contribution >= 0.6 is 0 Å². The van der Waals surface area contributed by atoms with E-state index in [0.717, 1.165) is 19.3 Å². The van der Waals surface area contributed by atoms with Gasteiger partial charge in [0, 0.05) is 30.7 Å². The molecule has 2 unspecified atom stereocenters. The molecule has 1 saturated heterocycles. The number of benzene rings is 1. The summed E-state index contributed by atoms with van der Waals surface area (Å²) < 4.78 is 23.3. The molecular weight excluding hydrogens is 316 g/mol. The van der Waals surface area contributed by atoms with Gasteiger partial charge < -0.3 is 0 Å². The van der Waals surface area contributed by atoms with Gasteiger partial charge in [-0.05, 0) is 31.2 Å². The van der Waals surface area contributed by atoms with E-state index in [9.17, 15) is 18.5 Å². The molecule has 0 amide bonds. The van der Waals surface area contributed by atoms with Crippen molar-refractivity contribution in [1.82, 2.24) is 4.90 Å². The number of nitro groups is 1. The second-order valence-corrected chi connectivity index (χ2v) is 8.55. The minimum Gasteiger partial charge on any atom is -0.263 e. The molecule has 0 N–H and O–H groups in total. The fraction of sp³-hybridized carbons (Fsp3) is 0.625. The van der Waals surface area contributed by atoms with Gasteiger partial charge in [0.25, 0.3) is 6.17 Å². The van der Waals surface area contributed by atoms with Crippen LogP contribution in [0.3, 0.4) is 0 Å². The summed E-state index contributed by atoms with van der Waals surface area (Å²) in [6, 6.07) is 10.2. The van der Waals surface area contributed by atoms with Gasteiger partial charge in [0.1, 0.15) is 0 Å². The second-order valence-electron chi connectivity index (χ2n) is 6.22. The Hall–Kier alpha value is -1.47. The minimum atomic E-state index is -3.21. The van der Waals surface area contributed by atoms with Gasteiger partial charge in [0.2, 0.25) is 0 Å². The van der Waals surface area contributed by atoms with Crippen molar-refractivity contribution in [3.8, 4) is 0 Å². The molecule has 128 valence electrons. The van der Waals surface area contributed by atoms with Crippen molar-refractivity contribution in [2.45, 2.75) is 43.5 Å². The molecule has 1 aliphatic heterocycles. The highest BCUT2D eigenvalue weighted by Gasteiger charge is 2.39. The average molecular weight is 340 g/mol. The molecule has 0 spiro atoms. The van der Waals surface area contributed by atoms with Crippen LogP contribution in [0.15, 0.2) is 30.3 Å². The Morgan fingerprint density at radius 2 is 1.96 bits per heavy atom. The van der Waals surface area contributed by atoms with Crippen LogP contribution in [0.25, 0.3) is 0 Å². The predicted octanol–water partition coefficient (Wildman–Crippen LogP) is 2.12. The van der Waals surface area contributed by atoms with Crippen molar-refractivity contribution in [2.75, 3.05) is 19.3 Å². The van der Waals surface area contributed by atoms with Gasteiger partial charge in [0.05, 0.1) is 5.25 Å². The summed E-state index contributed by atoms with van der Waals surface area (Å²) in [7, 11) is -3.21. The van der Waals surface area contributed by atoms with Crippen molar-refractivity contribution in [3.05, 3.63) is 46.0 Å². The van der Waals surface area contributed by atoms with Gasteiger partial charge in [-0.15, -0.1) is 0 Å². The molecule has 6 nitrogen and oxygen atoms in total. The van der Waals surface area contributed by atoms with Gasteiger partial charge in [-0.1, -0.05) is 30.3 Å². The van der Waals surface area contributed by atoms with E-state index in [-0.39, 0.29) is 11.3 Å². The van der Waals surface area contributed by atoms with Crippen LogP contribution in [0.5, 0.6) is 0 Å². The van der Waals surface area contributed by atoms with Gasteiger partial charge in [-0.25, -0.2) is 13.3 Å². The van der Waals surface area contributed by atoms with Crippen molar-refractivity contribution in [3.63, 3.8) is 0 Å². The summed E-state index contributed by atoms with van der Waals surface area (Å²) in [5.41, 5.74) is 1.27. The number of hydrogen-bond acceptors (Lipinski definition) is 5. The van der Waals surface area contributed by atoms with Crippen molar-refractivity contribution in [1.29, 1.82) is 0 Å². The first-order valence-electron chi connectivity index (χ1n) is 7.98. The molecule has 1 fully saturated rings. The largest absolute Gasteiger partial charge is 0.269 e. The number of piperidine rings is 1. The van der Waals surface area contributed by atoms with Crippen LogP contribution in [0.4, 0.5) is 0 Å². The van der Waals surface area contributed by atoms with Crippen LogP contribution in [0, 0.1) is 10.1 Å². The molecule has 2 rings (SSSR count). The molecule has 1 aliphatic rings. The summed E-state index contributed by atoms with van der Waals surface area (Å²) in [4.78, 5) is 12.7. The topological polar surface area (TPSA) is 80.5 Å². The molecule has 0 saturated carbocycles. The third kappa shape index (κ3) is 5.28. The predicted molar refractivity (Wildman–Crippen MR) is 89.6 cm³/mol. The number of hydrogen-bond donors (Lipinski definition) is 0. The van der Waals surface area contributed by atoms with E-state index in [4.69, 9.17) is 0 Å². The molecule has 7 heteroatoms. The fourth-order valence-electron chi connectivity index (χ4n) is 3.12. The lowest BCUT2D eigenvalue weighted by Gasteiger charge is -2.33. The number of sulfone groups is 1. The molecule has 1 heterocycles. The highest BCUT2D eigenvalue weighted by molar-refractivity contribution is 7.91. The third-order valence-corrected chi connectivity index (χ3v) is 6.13. The number of unbranched alkanes of at least 4 members (excludes halogenated alkanes) is 1. The Bertz CT molecular complexity index is 618. The van der Waals surface area contributed by atoms with Gasteiger partial charge in [-0.3, -0.25) is 10.1 Å². The Labute approximate surface area is 137 Å². The molecule has 0 aromatic heterocycles. The van der Waals surface area contributed by atoms with Crippen LogP contribution in [-0.2, 0) is 16.3 Å². The smallest absolute Gasteiger partial charge is 0.263 e. The molecular formula is C16H24N2O4S. The first-order valence-corrected chi connectivity index (χ1v) is 9.93. The summed E-state index contributed by atoms with van der Waals surface area (Å²) in [6.45, 7) is 1.13. The maximum absolute atomic E-state index is 11.6.